The maximum atomic E-state index is 11.8. The van der Waals surface area contributed by atoms with Crippen molar-refractivity contribution in [2.24, 2.45) is 0 Å². The number of aliphatic carboxylic acids is 1. The Bertz CT molecular complexity index is 1120. The average Bonchev–Trinajstić information content (AvgIpc) is 2.75. The monoisotopic (exact) mass is 431 g/mol. The van der Waals surface area contributed by atoms with E-state index in [1.54, 1.807) is 31.3 Å². The van der Waals surface area contributed by atoms with Gasteiger partial charge in [-0.3, -0.25) is 9.78 Å². The number of ether oxygens (including phenoxy) is 3. The smallest absolute Gasteiger partial charge is 0.394 e. The lowest BCUT2D eigenvalue weighted by Gasteiger charge is -2.19. The van der Waals surface area contributed by atoms with Crippen LogP contribution in [0.25, 0.3) is 10.9 Å². The number of carboxylic acid groups (broad SMARTS) is 1. The Labute approximate surface area is 176 Å². The van der Waals surface area contributed by atoms with Crippen LogP contribution in [-0.2, 0) is 9.59 Å². The Kier molecular flexibility index (Phi) is 6.22. The summed E-state index contributed by atoms with van der Waals surface area (Å²) in [7, 11) is 3.06. The summed E-state index contributed by atoms with van der Waals surface area (Å²) in [5, 5.41) is 9.70. The predicted octanol–water partition coefficient (Wildman–Crippen LogP) is 3.53. The minimum atomic E-state index is -1.57. The zero-order valence-corrected chi connectivity index (χ0v) is 17.1. The Balaban J connectivity index is 1.98. The van der Waals surface area contributed by atoms with Crippen molar-refractivity contribution in [3.63, 3.8) is 0 Å². The number of anilines is 1. The molecule has 2 aromatic heterocycles. The lowest BCUT2D eigenvalue weighted by molar-refractivity contribution is -0.148. The quantitative estimate of drug-likeness (QED) is 0.590. The molecular weight excluding hydrogens is 414 g/mol. The normalized spacial score (nSPS) is 10.5. The minimum absolute atomic E-state index is 0.0847. The zero-order valence-electron chi connectivity index (χ0n) is 16.4. The molecule has 1 aromatic carbocycles. The van der Waals surface area contributed by atoms with Gasteiger partial charge in [-0.1, -0.05) is 11.6 Å². The molecule has 0 saturated heterocycles. The van der Waals surface area contributed by atoms with Crippen LogP contribution in [0.4, 0.5) is 5.69 Å². The molecule has 0 unspecified atom stereocenters. The summed E-state index contributed by atoms with van der Waals surface area (Å²) in [6, 6.07) is 6.51. The average molecular weight is 432 g/mol. The number of fused-ring (bicyclic) bond motifs is 1. The van der Waals surface area contributed by atoms with Gasteiger partial charge in [0, 0.05) is 24.2 Å². The van der Waals surface area contributed by atoms with Gasteiger partial charge in [-0.25, -0.2) is 9.78 Å². The summed E-state index contributed by atoms with van der Waals surface area (Å²) in [4.78, 5) is 32.3. The van der Waals surface area contributed by atoms with Crippen molar-refractivity contribution in [3.8, 4) is 23.1 Å². The van der Waals surface area contributed by atoms with Gasteiger partial charge in [0.1, 0.15) is 10.8 Å². The molecule has 0 atom stereocenters. The van der Waals surface area contributed by atoms with Crippen molar-refractivity contribution < 1.29 is 28.9 Å². The third-order valence-electron chi connectivity index (χ3n) is 4.26. The number of benzene rings is 1. The summed E-state index contributed by atoms with van der Waals surface area (Å²) < 4.78 is 16.5. The molecule has 30 heavy (non-hydrogen) atoms. The van der Waals surface area contributed by atoms with Gasteiger partial charge in [0.05, 0.1) is 31.6 Å². The van der Waals surface area contributed by atoms with E-state index in [9.17, 15) is 9.59 Å². The first kappa shape index (κ1) is 21.1. The Morgan fingerprint density at radius 1 is 1.10 bits per heavy atom. The van der Waals surface area contributed by atoms with E-state index in [0.717, 1.165) is 4.90 Å². The standard InChI is InChI=1S/C20H18ClN3O6/c1-4-24(19(25)20(26)27)11-7-13(21)18(23-10-11)30-15-5-6-22-14-9-17(29-3)16(28-2)8-12(14)15/h5-10H,4H2,1-3H3,(H,26,27). The molecule has 1 amide bonds. The fourth-order valence-electron chi connectivity index (χ4n) is 2.84. The van der Waals surface area contributed by atoms with Crippen LogP contribution in [0.5, 0.6) is 23.1 Å². The van der Waals surface area contributed by atoms with Gasteiger partial charge in [-0.2, -0.15) is 0 Å². The van der Waals surface area contributed by atoms with Gasteiger partial charge in [0.2, 0.25) is 5.88 Å². The summed E-state index contributed by atoms with van der Waals surface area (Å²) in [5.74, 6) is -1.11. The van der Waals surface area contributed by atoms with Crippen LogP contribution in [0, 0.1) is 0 Å². The molecule has 0 saturated carbocycles. The number of likely N-dealkylation sites (N-methyl/N-ethyl adjacent to an activating group) is 1. The molecule has 156 valence electrons. The van der Waals surface area contributed by atoms with E-state index in [-0.39, 0.29) is 23.1 Å². The van der Waals surface area contributed by atoms with Crippen molar-refractivity contribution in [1.29, 1.82) is 0 Å². The maximum absolute atomic E-state index is 11.8. The largest absolute Gasteiger partial charge is 0.493 e. The maximum Gasteiger partial charge on any atom is 0.394 e. The van der Waals surface area contributed by atoms with Crippen molar-refractivity contribution >= 4 is 40.1 Å². The first-order valence-corrected chi connectivity index (χ1v) is 9.16. The third-order valence-corrected chi connectivity index (χ3v) is 4.53. The minimum Gasteiger partial charge on any atom is -0.493 e. The molecule has 3 rings (SSSR count). The van der Waals surface area contributed by atoms with E-state index in [0.29, 0.717) is 28.2 Å². The second-order valence-corrected chi connectivity index (χ2v) is 6.38. The topological polar surface area (TPSA) is 111 Å². The van der Waals surface area contributed by atoms with Crippen LogP contribution in [0.3, 0.4) is 0 Å². The Morgan fingerprint density at radius 3 is 2.40 bits per heavy atom. The van der Waals surface area contributed by atoms with E-state index in [1.165, 1.54) is 26.5 Å². The Morgan fingerprint density at radius 2 is 1.80 bits per heavy atom. The molecule has 0 aliphatic carbocycles. The fourth-order valence-corrected chi connectivity index (χ4v) is 3.04. The molecule has 0 radical (unpaired) electrons. The van der Waals surface area contributed by atoms with Gasteiger partial charge in [0.15, 0.2) is 11.5 Å². The SMILES string of the molecule is CCN(C(=O)C(=O)O)c1cnc(Oc2ccnc3cc(OC)c(OC)cc23)c(Cl)c1. The van der Waals surface area contributed by atoms with Gasteiger partial charge < -0.3 is 24.2 Å². The first-order valence-electron chi connectivity index (χ1n) is 8.78. The fraction of sp³-hybridized carbons (Fsp3) is 0.200. The molecule has 10 heteroatoms. The van der Waals surface area contributed by atoms with Crippen LogP contribution < -0.4 is 19.1 Å². The molecule has 2 heterocycles. The van der Waals surface area contributed by atoms with E-state index in [1.807, 2.05) is 0 Å². The van der Waals surface area contributed by atoms with Crippen molar-refractivity contribution in [2.45, 2.75) is 6.92 Å². The number of hydrogen-bond donors (Lipinski definition) is 1. The van der Waals surface area contributed by atoms with Gasteiger partial charge >= 0.3 is 11.9 Å². The number of methoxy groups -OCH3 is 2. The lowest BCUT2D eigenvalue weighted by Crippen LogP contribution is -2.36. The van der Waals surface area contributed by atoms with Gasteiger partial charge in [0.25, 0.3) is 0 Å². The van der Waals surface area contributed by atoms with Gasteiger partial charge in [-0.15, -0.1) is 0 Å². The highest BCUT2D eigenvalue weighted by Crippen LogP contribution is 2.38. The van der Waals surface area contributed by atoms with Crippen molar-refractivity contribution in [1.82, 2.24) is 9.97 Å². The molecule has 0 fully saturated rings. The highest BCUT2D eigenvalue weighted by Gasteiger charge is 2.22. The number of nitrogens with zero attached hydrogens (tertiary/aromatic N) is 3. The number of carbonyl (C=O) groups excluding carboxylic acids is 1. The number of aromatic nitrogens is 2. The van der Waals surface area contributed by atoms with E-state index in [2.05, 4.69) is 9.97 Å². The molecule has 0 aliphatic heterocycles. The van der Waals surface area contributed by atoms with Gasteiger partial charge in [-0.05, 0) is 25.1 Å². The van der Waals surface area contributed by atoms with E-state index < -0.39 is 11.9 Å². The molecule has 1 N–H and O–H groups in total. The molecule has 0 bridgehead atoms. The number of pyridine rings is 2. The number of halogens is 1. The Hall–Kier alpha value is -3.59. The highest BCUT2D eigenvalue weighted by atomic mass is 35.5. The first-order chi connectivity index (χ1) is 14.4. The molecular formula is C20H18ClN3O6. The molecule has 0 spiro atoms. The number of carboxylic acids is 1. The summed E-state index contributed by atoms with van der Waals surface area (Å²) in [6.45, 7) is 1.78. The lowest BCUT2D eigenvalue weighted by atomic mass is 10.2. The van der Waals surface area contributed by atoms with E-state index >= 15 is 0 Å². The van der Waals surface area contributed by atoms with Crippen LogP contribution in [-0.4, -0.2) is 47.7 Å². The zero-order chi connectivity index (χ0) is 21.8. The highest BCUT2D eigenvalue weighted by molar-refractivity contribution is 6.37. The molecule has 9 nitrogen and oxygen atoms in total. The summed E-state index contributed by atoms with van der Waals surface area (Å²) in [6.07, 6.45) is 2.88. The molecule has 3 aromatic rings. The number of rotatable bonds is 6. The van der Waals surface area contributed by atoms with Crippen molar-refractivity contribution in [2.75, 3.05) is 25.7 Å². The van der Waals surface area contributed by atoms with Crippen LogP contribution in [0.1, 0.15) is 6.92 Å². The second-order valence-electron chi connectivity index (χ2n) is 5.97. The predicted molar refractivity (Wildman–Crippen MR) is 110 cm³/mol. The summed E-state index contributed by atoms with van der Waals surface area (Å²) in [5.41, 5.74) is 0.857. The van der Waals surface area contributed by atoms with Crippen LogP contribution >= 0.6 is 11.6 Å². The van der Waals surface area contributed by atoms with Crippen molar-refractivity contribution in [3.05, 3.63) is 41.7 Å². The summed E-state index contributed by atoms with van der Waals surface area (Å²) >= 11 is 6.29. The number of carbonyl (C=O) groups is 2. The number of hydrogen-bond acceptors (Lipinski definition) is 7. The van der Waals surface area contributed by atoms with Crippen LogP contribution in [0.2, 0.25) is 5.02 Å². The second kappa shape index (κ2) is 8.83. The number of amides is 1. The van der Waals surface area contributed by atoms with Crippen LogP contribution in [0.15, 0.2) is 36.7 Å². The van der Waals surface area contributed by atoms with E-state index in [4.69, 9.17) is 30.9 Å². The molecule has 0 aliphatic rings. The third kappa shape index (κ3) is 4.06.